The van der Waals surface area contributed by atoms with E-state index in [1.807, 2.05) is 12.1 Å². The maximum Gasteiger partial charge on any atom is 0.238 e. The number of carbonyl (C=O) groups excluding carboxylic acids is 1. The normalized spacial score (nSPS) is 12.3. The Bertz CT molecular complexity index is 464. The second-order valence-electron chi connectivity index (χ2n) is 7.00. The molecule has 0 saturated carbocycles. The minimum absolute atomic E-state index is 0.0833. The van der Waals surface area contributed by atoms with Crippen LogP contribution in [0.4, 0.5) is 5.69 Å². The fourth-order valence-electron chi connectivity index (χ4n) is 2.46. The summed E-state index contributed by atoms with van der Waals surface area (Å²) in [6, 6.07) is 7.23. The Hall–Kier alpha value is -1.06. The zero-order valence-electron chi connectivity index (χ0n) is 13.0. The van der Waals surface area contributed by atoms with E-state index in [0.29, 0.717) is 10.7 Å². The minimum Gasteiger partial charge on any atom is -0.324 e. The van der Waals surface area contributed by atoms with E-state index in [4.69, 9.17) is 11.6 Å². The molecule has 0 bridgehead atoms. The van der Waals surface area contributed by atoms with Crippen molar-refractivity contribution < 1.29 is 4.79 Å². The van der Waals surface area contributed by atoms with Gasteiger partial charge in [0.1, 0.15) is 0 Å². The summed E-state index contributed by atoms with van der Waals surface area (Å²) in [5.74, 6) is -0.0833. The molecule has 1 aromatic rings. The molecule has 2 N–H and O–H groups in total. The lowest BCUT2D eigenvalue weighted by Crippen LogP contribution is -2.45. The van der Waals surface area contributed by atoms with Gasteiger partial charge in [-0.05, 0) is 37.8 Å². The van der Waals surface area contributed by atoms with Crippen molar-refractivity contribution in [2.45, 2.75) is 46.6 Å². The summed E-state index contributed by atoms with van der Waals surface area (Å²) >= 11 is 6.01. The van der Waals surface area contributed by atoms with Crippen LogP contribution in [-0.2, 0) is 4.79 Å². The maximum absolute atomic E-state index is 11.9. The van der Waals surface area contributed by atoms with Gasteiger partial charge < -0.3 is 10.6 Å². The SMILES string of the molecule is CC(C)(C)CC(C)(C)NCC(=O)Nc1ccccc1Cl. The number of hydrogen-bond acceptors (Lipinski definition) is 2. The summed E-state index contributed by atoms with van der Waals surface area (Å²) in [6.07, 6.45) is 0.985. The number of para-hydroxylation sites is 1. The molecule has 0 aromatic heterocycles. The van der Waals surface area contributed by atoms with Gasteiger partial charge in [0.05, 0.1) is 17.3 Å². The molecule has 0 spiro atoms. The topological polar surface area (TPSA) is 41.1 Å². The van der Waals surface area contributed by atoms with Crippen molar-refractivity contribution in [2.75, 3.05) is 11.9 Å². The van der Waals surface area contributed by atoms with Crippen LogP contribution in [0, 0.1) is 5.41 Å². The number of hydrogen-bond donors (Lipinski definition) is 2. The number of rotatable bonds is 5. The highest BCUT2D eigenvalue weighted by Gasteiger charge is 2.25. The van der Waals surface area contributed by atoms with Crippen LogP contribution in [-0.4, -0.2) is 18.0 Å². The van der Waals surface area contributed by atoms with Gasteiger partial charge in [0.25, 0.3) is 0 Å². The van der Waals surface area contributed by atoms with Crippen LogP contribution in [0.3, 0.4) is 0 Å². The van der Waals surface area contributed by atoms with Crippen molar-refractivity contribution in [3.8, 4) is 0 Å². The summed E-state index contributed by atoms with van der Waals surface area (Å²) in [4.78, 5) is 11.9. The molecule has 1 amide bonds. The lowest BCUT2D eigenvalue weighted by atomic mass is 9.82. The fraction of sp³-hybridized carbons (Fsp3) is 0.562. The molecule has 0 fully saturated rings. The molecule has 20 heavy (non-hydrogen) atoms. The van der Waals surface area contributed by atoms with Crippen molar-refractivity contribution in [1.29, 1.82) is 0 Å². The van der Waals surface area contributed by atoms with E-state index in [1.165, 1.54) is 0 Å². The van der Waals surface area contributed by atoms with E-state index in [2.05, 4.69) is 45.3 Å². The summed E-state index contributed by atoms with van der Waals surface area (Å²) in [7, 11) is 0. The van der Waals surface area contributed by atoms with Crippen LogP contribution in [0.1, 0.15) is 41.0 Å². The molecular weight excluding hydrogens is 272 g/mol. The average molecular weight is 297 g/mol. The highest BCUT2D eigenvalue weighted by atomic mass is 35.5. The van der Waals surface area contributed by atoms with Gasteiger partial charge in [-0.25, -0.2) is 0 Å². The van der Waals surface area contributed by atoms with Crippen LogP contribution in [0.25, 0.3) is 0 Å². The highest BCUT2D eigenvalue weighted by Crippen LogP contribution is 2.26. The third kappa shape index (κ3) is 6.40. The highest BCUT2D eigenvalue weighted by molar-refractivity contribution is 6.33. The molecule has 0 aliphatic heterocycles. The van der Waals surface area contributed by atoms with Crippen molar-refractivity contribution in [3.63, 3.8) is 0 Å². The number of anilines is 1. The Labute approximate surface area is 127 Å². The van der Waals surface area contributed by atoms with Gasteiger partial charge in [0.15, 0.2) is 0 Å². The molecule has 0 atom stereocenters. The van der Waals surface area contributed by atoms with Crippen LogP contribution in [0.2, 0.25) is 5.02 Å². The molecule has 4 heteroatoms. The Morgan fingerprint density at radius 1 is 1.15 bits per heavy atom. The molecule has 3 nitrogen and oxygen atoms in total. The van der Waals surface area contributed by atoms with Crippen LogP contribution in [0.15, 0.2) is 24.3 Å². The largest absolute Gasteiger partial charge is 0.324 e. The monoisotopic (exact) mass is 296 g/mol. The number of benzene rings is 1. The van der Waals surface area contributed by atoms with E-state index in [-0.39, 0.29) is 23.4 Å². The fourth-order valence-corrected chi connectivity index (χ4v) is 2.65. The van der Waals surface area contributed by atoms with Crippen molar-refractivity contribution in [1.82, 2.24) is 5.32 Å². The molecular formula is C16H25ClN2O. The number of halogens is 1. The molecule has 0 aliphatic rings. The second kappa shape index (κ2) is 6.59. The Morgan fingerprint density at radius 3 is 2.30 bits per heavy atom. The standard InChI is InChI=1S/C16H25ClN2O/c1-15(2,3)11-16(4,5)18-10-14(20)19-13-9-7-6-8-12(13)17/h6-9,18H,10-11H2,1-5H3,(H,19,20). The van der Waals surface area contributed by atoms with E-state index in [9.17, 15) is 4.79 Å². The van der Waals surface area contributed by atoms with E-state index < -0.39 is 0 Å². The lowest BCUT2D eigenvalue weighted by molar-refractivity contribution is -0.115. The third-order valence-electron chi connectivity index (χ3n) is 2.85. The number of carbonyl (C=O) groups is 1. The van der Waals surface area contributed by atoms with Crippen molar-refractivity contribution >= 4 is 23.2 Å². The first-order valence-electron chi connectivity index (χ1n) is 6.88. The number of amides is 1. The zero-order chi connectivity index (χ0) is 15.4. The second-order valence-corrected chi connectivity index (χ2v) is 7.41. The first kappa shape index (κ1) is 17.0. The first-order chi connectivity index (χ1) is 9.09. The zero-order valence-corrected chi connectivity index (χ0v) is 13.8. The molecule has 0 saturated heterocycles. The summed E-state index contributed by atoms with van der Waals surface area (Å²) in [5.41, 5.74) is 0.779. The van der Waals surface area contributed by atoms with E-state index in [0.717, 1.165) is 6.42 Å². The predicted molar refractivity (Wildman–Crippen MR) is 86.2 cm³/mol. The minimum atomic E-state index is -0.0872. The molecule has 0 unspecified atom stereocenters. The van der Waals surface area contributed by atoms with Gasteiger partial charge in [0, 0.05) is 5.54 Å². The maximum atomic E-state index is 11.9. The number of nitrogens with one attached hydrogen (secondary N) is 2. The van der Waals surface area contributed by atoms with Gasteiger partial charge in [-0.15, -0.1) is 0 Å². The summed E-state index contributed by atoms with van der Waals surface area (Å²) in [5, 5.41) is 6.66. The quantitative estimate of drug-likeness (QED) is 0.859. The van der Waals surface area contributed by atoms with Crippen LogP contribution in [0.5, 0.6) is 0 Å². The van der Waals surface area contributed by atoms with Gasteiger partial charge >= 0.3 is 0 Å². The van der Waals surface area contributed by atoms with E-state index >= 15 is 0 Å². The summed E-state index contributed by atoms with van der Waals surface area (Å²) < 4.78 is 0. The molecule has 112 valence electrons. The van der Waals surface area contributed by atoms with Crippen molar-refractivity contribution in [3.05, 3.63) is 29.3 Å². The molecule has 1 rings (SSSR count). The molecule has 0 heterocycles. The molecule has 0 aliphatic carbocycles. The van der Waals surface area contributed by atoms with Gasteiger partial charge in [0.2, 0.25) is 5.91 Å². The Kier molecular flexibility index (Phi) is 5.60. The summed E-state index contributed by atoms with van der Waals surface area (Å²) in [6.45, 7) is 11.1. The molecule has 0 radical (unpaired) electrons. The van der Waals surface area contributed by atoms with Crippen molar-refractivity contribution in [2.24, 2.45) is 5.41 Å². The lowest BCUT2D eigenvalue weighted by Gasteiger charge is -2.33. The Morgan fingerprint density at radius 2 is 1.75 bits per heavy atom. The van der Waals surface area contributed by atoms with E-state index in [1.54, 1.807) is 12.1 Å². The van der Waals surface area contributed by atoms with Crippen LogP contribution >= 0.6 is 11.6 Å². The van der Waals surface area contributed by atoms with Crippen LogP contribution < -0.4 is 10.6 Å². The smallest absolute Gasteiger partial charge is 0.238 e. The predicted octanol–water partition coefficient (Wildman–Crippen LogP) is 4.08. The Balaban J connectivity index is 2.50. The third-order valence-corrected chi connectivity index (χ3v) is 3.18. The average Bonchev–Trinajstić information content (AvgIpc) is 2.27. The van der Waals surface area contributed by atoms with Gasteiger partial charge in [-0.2, -0.15) is 0 Å². The van der Waals surface area contributed by atoms with Gasteiger partial charge in [-0.3, -0.25) is 4.79 Å². The molecule has 1 aromatic carbocycles. The first-order valence-corrected chi connectivity index (χ1v) is 7.26. The van der Waals surface area contributed by atoms with Gasteiger partial charge in [-0.1, -0.05) is 44.5 Å².